The molecule has 0 fully saturated rings. The molecule has 0 aliphatic rings. The summed E-state index contributed by atoms with van der Waals surface area (Å²) in [5, 5.41) is 0. The van der Waals surface area contributed by atoms with Crippen molar-refractivity contribution in [2.24, 2.45) is 5.92 Å². The highest BCUT2D eigenvalue weighted by molar-refractivity contribution is 5.72. The Labute approximate surface area is 62.6 Å². The van der Waals surface area contributed by atoms with Crippen LogP contribution in [-0.4, -0.2) is 13.1 Å². The van der Waals surface area contributed by atoms with Gasteiger partial charge in [0, 0.05) is 0 Å². The second kappa shape index (κ2) is 5.27. The van der Waals surface area contributed by atoms with E-state index in [1.165, 1.54) is 7.11 Å². The normalized spacial score (nSPS) is 12.7. The van der Waals surface area contributed by atoms with Crippen LogP contribution in [-0.2, 0) is 9.53 Å². The van der Waals surface area contributed by atoms with Crippen molar-refractivity contribution < 1.29 is 9.53 Å². The number of hydrogen-bond acceptors (Lipinski definition) is 2. The average Bonchev–Trinajstić information content (AvgIpc) is 1.99. The summed E-state index contributed by atoms with van der Waals surface area (Å²) in [6, 6.07) is 0. The molecule has 0 aliphatic heterocycles. The third-order valence-corrected chi connectivity index (χ3v) is 1.66. The Kier molecular flexibility index (Phi) is 4.99. The van der Waals surface area contributed by atoms with Gasteiger partial charge in [-0.15, -0.1) is 0 Å². The summed E-state index contributed by atoms with van der Waals surface area (Å²) in [6.45, 7) is 4.09. The van der Waals surface area contributed by atoms with E-state index in [1.807, 2.05) is 6.92 Å². The Balaban J connectivity index is 3.68. The van der Waals surface area contributed by atoms with Crippen LogP contribution in [0.5, 0.6) is 0 Å². The smallest absolute Gasteiger partial charge is 0.308 e. The van der Waals surface area contributed by atoms with Gasteiger partial charge in [-0.3, -0.25) is 4.79 Å². The molecule has 0 aromatic heterocycles. The van der Waals surface area contributed by atoms with Gasteiger partial charge in [0.05, 0.1) is 13.0 Å². The van der Waals surface area contributed by atoms with E-state index < -0.39 is 0 Å². The number of carbonyl (C=O) groups excluding carboxylic acids is 1. The first-order valence-corrected chi connectivity index (χ1v) is 3.84. The average molecular weight is 144 g/mol. The zero-order valence-corrected chi connectivity index (χ0v) is 7.02. The molecule has 0 bridgehead atoms. The highest BCUT2D eigenvalue weighted by Crippen LogP contribution is 2.11. The lowest BCUT2D eigenvalue weighted by atomic mass is 10.0. The van der Waals surface area contributed by atoms with Crippen LogP contribution in [0.15, 0.2) is 0 Å². The highest BCUT2D eigenvalue weighted by Gasteiger charge is 2.14. The minimum absolute atomic E-state index is 0.0654. The Hall–Kier alpha value is -0.530. The van der Waals surface area contributed by atoms with E-state index in [-0.39, 0.29) is 11.9 Å². The number of esters is 1. The van der Waals surface area contributed by atoms with Crippen LogP contribution in [0.4, 0.5) is 0 Å². The molecule has 0 saturated carbocycles. The van der Waals surface area contributed by atoms with Crippen molar-refractivity contribution in [3.8, 4) is 0 Å². The summed E-state index contributed by atoms with van der Waals surface area (Å²) < 4.78 is 4.62. The number of carbonyl (C=O) groups is 1. The number of ether oxygens (including phenoxy) is 1. The minimum Gasteiger partial charge on any atom is -0.469 e. The molecular weight excluding hydrogens is 128 g/mol. The SMILES string of the molecule is CCC[C@H](CC)C(=O)OC. The Morgan fingerprint density at radius 1 is 1.50 bits per heavy atom. The van der Waals surface area contributed by atoms with Crippen LogP contribution in [0.1, 0.15) is 33.1 Å². The maximum Gasteiger partial charge on any atom is 0.308 e. The van der Waals surface area contributed by atoms with E-state index in [9.17, 15) is 4.79 Å². The van der Waals surface area contributed by atoms with E-state index in [0.717, 1.165) is 19.3 Å². The fourth-order valence-electron chi connectivity index (χ4n) is 1.00. The van der Waals surface area contributed by atoms with Gasteiger partial charge >= 0.3 is 5.97 Å². The van der Waals surface area contributed by atoms with Crippen molar-refractivity contribution in [2.45, 2.75) is 33.1 Å². The van der Waals surface area contributed by atoms with Crippen LogP contribution in [0.2, 0.25) is 0 Å². The third-order valence-electron chi connectivity index (χ3n) is 1.66. The van der Waals surface area contributed by atoms with E-state index in [0.29, 0.717) is 0 Å². The fraction of sp³-hybridized carbons (Fsp3) is 0.875. The largest absolute Gasteiger partial charge is 0.469 e. The molecular formula is C8H16O2. The first-order chi connectivity index (χ1) is 4.76. The lowest BCUT2D eigenvalue weighted by Crippen LogP contribution is -2.14. The van der Waals surface area contributed by atoms with E-state index in [4.69, 9.17) is 0 Å². The number of methoxy groups -OCH3 is 1. The summed E-state index contributed by atoms with van der Waals surface area (Å²) in [6.07, 6.45) is 2.89. The molecule has 0 radical (unpaired) electrons. The lowest BCUT2D eigenvalue weighted by Gasteiger charge is -2.09. The van der Waals surface area contributed by atoms with Gasteiger partial charge in [0.2, 0.25) is 0 Å². The Morgan fingerprint density at radius 2 is 2.10 bits per heavy atom. The molecule has 0 heterocycles. The van der Waals surface area contributed by atoms with Crippen molar-refractivity contribution in [1.82, 2.24) is 0 Å². The molecule has 10 heavy (non-hydrogen) atoms. The van der Waals surface area contributed by atoms with Gasteiger partial charge in [-0.25, -0.2) is 0 Å². The van der Waals surface area contributed by atoms with Gasteiger partial charge < -0.3 is 4.74 Å². The quantitative estimate of drug-likeness (QED) is 0.564. The van der Waals surface area contributed by atoms with Crippen LogP contribution in [0.3, 0.4) is 0 Å². The van der Waals surface area contributed by atoms with Gasteiger partial charge in [-0.05, 0) is 12.8 Å². The number of hydrogen-bond donors (Lipinski definition) is 0. The molecule has 2 nitrogen and oxygen atoms in total. The summed E-state index contributed by atoms with van der Waals surface area (Å²) in [4.78, 5) is 10.9. The second-order valence-electron chi connectivity index (χ2n) is 2.42. The first-order valence-electron chi connectivity index (χ1n) is 3.84. The predicted octanol–water partition coefficient (Wildman–Crippen LogP) is 1.99. The van der Waals surface area contributed by atoms with Gasteiger partial charge in [-0.2, -0.15) is 0 Å². The van der Waals surface area contributed by atoms with Crippen molar-refractivity contribution >= 4 is 5.97 Å². The second-order valence-corrected chi connectivity index (χ2v) is 2.42. The first kappa shape index (κ1) is 9.47. The number of rotatable bonds is 4. The fourth-order valence-corrected chi connectivity index (χ4v) is 1.00. The van der Waals surface area contributed by atoms with Crippen LogP contribution in [0.25, 0.3) is 0 Å². The van der Waals surface area contributed by atoms with Crippen molar-refractivity contribution in [2.75, 3.05) is 7.11 Å². The van der Waals surface area contributed by atoms with E-state index in [1.54, 1.807) is 0 Å². The van der Waals surface area contributed by atoms with Gasteiger partial charge in [0.15, 0.2) is 0 Å². The standard InChI is InChI=1S/C8H16O2/c1-4-6-7(5-2)8(9)10-3/h7H,4-6H2,1-3H3/t7-/m0/s1. The van der Waals surface area contributed by atoms with Crippen molar-refractivity contribution in [1.29, 1.82) is 0 Å². The summed E-state index contributed by atoms with van der Waals surface area (Å²) in [7, 11) is 1.45. The molecule has 0 unspecified atom stereocenters. The molecule has 0 saturated heterocycles. The van der Waals surface area contributed by atoms with Crippen molar-refractivity contribution in [3.63, 3.8) is 0 Å². The third kappa shape index (κ3) is 2.85. The van der Waals surface area contributed by atoms with Gasteiger partial charge in [0.25, 0.3) is 0 Å². The minimum atomic E-state index is -0.0654. The maximum atomic E-state index is 10.9. The summed E-state index contributed by atoms with van der Waals surface area (Å²) in [5.74, 6) is 0.0550. The molecule has 0 spiro atoms. The Morgan fingerprint density at radius 3 is 2.40 bits per heavy atom. The lowest BCUT2D eigenvalue weighted by molar-refractivity contribution is -0.145. The summed E-state index contributed by atoms with van der Waals surface area (Å²) >= 11 is 0. The topological polar surface area (TPSA) is 26.3 Å². The highest BCUT2D eigenvalue weighted by atomic mass is 16.5. The molecule has 0 N–H and O–H groups in total. The van der Waals surface area contributed by atoms with Crippen molar-refractivity contribution in [3.05, 3.63) is 0 Å². The van der Waals surface area contributed by atoms with Gasteiger partial charge in [-0.1, -0.05) is 20.3 Å². The molecule has 0 aromatic rings. The molecule has 1 atom stereocenters. The van der Waals surface area contributed by atoms with Crippen LogP contribution in [0, 0.1) is 5.92 Å². The maximum absolute atomic E-state index is 10.9. The van der Waals surface area contributed by atoms with Crippen LogP contribution >= 0.6 is 0 Å². The molecule has 0 aromatic carbocycles. The molecule has 0 aliphatic carbocycles. The Bertz CT molecular complexity index is 99.4. The van der Waals surface area contributed by atoms with E-state index >= 15 is 0 Å². The summed E-state index contributed by atoms with van der Waals surface area (Å²) in [5.41, 5.74) is 0. The predicted molar refractivity (Wildman–Crippen MR) is 40.7 cm³/mol. The molecule has 60 valence electrons. The zero-order chi connectivity index (χ0) is 7.98. The molecule has 0 amide bonds. The zero-order valence-electron chi connectivity index (χ0n) is 7.02. The van der Waals surface area contributed by atoms with E-state index in [2.05, 4.69) is 11.7 Å². The monoisotopic (exact) mass is 144 g/mol. The van der Waals surface area contributed by atoms with Gasteiger partial charge in [0.1, 0.15) is 0 Å². The van der Waals surface area contributed by atoms with Crippen LogP contribution < -0.4 is 0 Å². The molecule has 2 heteroatoms. The molecule has 0 rings (SSSR count).